The van der Waals surface area contributed by atoms with Gasteiger partial charge in [-0.05, 0) is 0 Å². The van der Waals surface area contributed by atoms with Gasteiger partial charge in [0, 0.05) is 13.1 Å². The van der Waals surface area contributed by atoms with Gasteiger partial charge < -0.3 is 25.9 Å². The Balaban J connectivity index is -0.00000180. The summed E-state index contributed by atoms with van der Waals surface area (Å²) in [6.45, 7) is -2.25. The molecule has 0 radical (unpaired) electrons. The quantitative estimate of drug-likeness (QED) is 0.275. The number of hydrogen-bond acceptors (Lipinski definition) is 6. The van der Waals surface area contributed by atoms with Crippen molar-refractivity contribution in [2.75, 3.05) is 39.3 Å². The normalized spacial score (nSPS) is 9.73. The molecule has 0 saturated carbocycles. The van der Waals surface area contributed by atoms with Crippen LogP contribution in [0, 0.1) is 0 Å². The van der Waals surface area contributed by atoms with Crippen LogP contribution in [0.4, 0.5) is 0 Å². The summed E-state index contributed by atoms with van der Waals surface area (Å²) in [6, 6.07) is 0. The summed E-state index contributed by atoms with van der Waals surface area (Å²) in [6.07, 6.45) is 0. The second kappa shape index (κ2) is 13.4. The van der Waals surface area contributed by atoms with Crippen LogP contribution in [-0.2, 0) is 19.2 Å². The molecule has 0 aromatic heterocycles. The molecule has 12 heteroatoms. The zero-order valence-electron chi connectivity index (χ0n) is 11.1. The average Bonchev–Trinajstić information content (AvgIpc) is 2.22. The Kier molecular flexibility index (Phi) is 15.7. The summed E-state index contributed by atoms with van der Waals surface area (Å²) in [7, 11) is 0. The van der Waals surface area contributed by atoms with Gasteiger partial charge in [-0.3, -0.25) is 29.0 Å². The van der Waals surface area contributed by atoms with Crippen LogP contribution in [0.1, 0.15) is 0 Å². The molecule has 0 aliphatic carbocycles. The summed E-state index contributed by atoms with van der Waals surface area (Å²) in [4.78, 5) is 44.4. The monoisotopic (exact) mass is 334 g/mol. The second-order valence-corrected chi connectivity index (χ2v) is 4.00. The van der Waals surface area contributed by atoms with Crippen LogP contribution in [0.3, 0.4) is 0 Å². The Labute approximate surface area is 147 Å². The number of rotatable bonds is 11. The van der Waals surface area contributed by atoms with Crippen LogP contribution in [0.2, 0.25) is 0 Å². The molecule has 0 aliphatic heterocycles. The third-order valence-electron chi connectivity index (χ3n) is 2.17. The van der Waals surface area contributed by atoms with Gasteiger partial charge in [0.1, 0.15) is 0 Å². The SMILES string of the molecule is O.O=C(O)CN(CCN(CC(=O)O)CC(=O)O)CC(=O)O.[NaH]. The summed E-state index contributed by atoms with van der Waals surface area (Å²) in [5.41, 5.74) is 0. The minimum atomic E-state index is -1.23. The van der Waals surface area contributed by atoms with E-state index >= 15 is 0 Å². The third kappa shape index (κ3) is 15.2. The van der Waals surface area contributed by atoms with Gasteiger partial charge in [-0.25, -0.2) is 0 Å². The average molecular weight is 334 g/mol. The van der Waals surface area contributed by atoms with Crippen molar-refractivity contribution in [2.45, 2.75) is 0 Å². The molecule has 0 rings (SSSR count). The maximum atomic E-state index is 10.6. The molecule has 0 saturated heterocycles. The summed E-state index contributed by atoms with van der Waals surface area (Å²) in [5, 5.41) is 34.5. The van der Waals surface area contributed by atoms with Crippen LogP contribution in [0.25, 0.3) is 0 Å². The van der Waals surface area contributed by atoms with E-state index in [2.05, 4.69) is 0 Å². The molecule has 0 atom stereocenters. The van der Waals surface area contributed by atoms with Gasteiger partial charge in [0.2, 0.25) is 0 Å². The molecule has 0 unspecified atom stereocenters. The van der Waals surface area contributed by atoms with Gasteiger partial charge in [-0.2, -0.15) is 0 Å². The fourth-order valence-corrected chi connectivity index (χ4v) is 1.48. The fraction of sp³-hybridized carbons (Fsp3) is 0.600. The van der Waals surface area contributed by atoms with Gasteiger partial charge in [0.25, 0.3) is 0 Å². The van der Waals surface area contributed by atoms with E-state index in [1.807, 2.05) is 0 Å². The van der Waals surface area contributed by atoms with Crippen LogP contribution in [0.5, 0.6) is 0 Å². The van der Waals surface area contributed by atoms with Crippen molar-refractivity contribution in [1.82, 2.24) is 9.80 Å². The molecule has 0 bridgehead atoms. The van der Waals surface area contributed by atoms with Crippen molar-refractivity contribution < 1.29 is 45.1 Å². The van der Waals surface area contributed by atoms with Crippen molar-refractivity contribution in [3.05, 3.63) is 0 Å². The molecule has 124 valence electrons. The van der Waals surface area contributed by atoms with Gasteiger partial charge >= 0.3 is 53.4 Å². The predicted octanol–water partition coefficient (Wildman–Crippen LogP) is -3.54. The Hall–Kier alpha value is -1.24. The summed E-state index contributed by atoms with van der Waals surface area (Å²) < 4.78 is 0. The summed E-state index contributed by atoms with van der Waals surface area (Å²) in [5.74, 6) is -4.91. The standard InChI is InChI=1S/C10H16N2O8.Na.H2O.H/c13-7(14)3-11(4-8(15)16)1-2-12(5-9(17)18)6-10(19)20;;;/h1-6H2,(H,13,14)(H,15,16)(H,17,18)(H,19,20);;1H2;. The van der Waals surface area contributed by atoms with E-state index in [-0.39, 0.29) is 48.1 Å². The molecule has 0 amide bonds. The van der Waals surface area contributed by atoms with Gasteiger partial charge in [-0.1, -0.05) is 0 Å². The van der Waals surface area contributed by atoms with E-state index in [0.717, 1.165) is 9.80 Å². The molecule has 0 spiro atoms. The van der Waals surface area contributed by atoms with Crippen LogP contribution >= 0.6 is 0 Å². The molecule has 11 nitrogen and oxygen atoms in total. The van der Waals surface area contributed by atoms with Crippen molar-refractivity contribution in [1.29, 1.82) is 0 Å². The Morgan fingerprint density at radius 2 is 0.773 bits per heavy atom. The molecular formula is C10H19N2NaO9. The first-order valence-corrected chi connectivity index (χ1v) is 5.52. The predicted molar refractivity (Wildman–Crippen MR) is 74.2 cm³/mol. The molecule has 6 N–H and O–H groups in total. The molecule has 0 aromatic carbocycles. The molecular weight excluding hydrogens is 315 g/mol. The van der Waals surface area contributed by atoms with E-state index in [9.17, 15) is 19.2 Å². The minimum absolute atomic E-state index is 0. The first kappa shape index (κ1) is 25.7. The molecule has 22 heavy (non-hydrogen) atoms. The van der Waals surface area contributed by atoms with Gasteiger partial charge in [0.05, 0.1) is 26.2 Å². The van der Waals surface area contributed by atoms with Crippen molar-refractivity contribution in [2.24, 2.45) is 0 Å². The number of aliphatic carboxylic acids is 4. The first-order valence-electron chi connectivity index (χ1n) is 5.52. The molecule has 0 heterocycles. The Bertz CT molecular complexity index is 323. The molecule has 0 aromatic rings. The fourth-order valence-electron chi connectivity index (χ4n) is 1.48. The van der Waals surface area contributed by atoms with Crippen LogP contribution < -0.4 is 0 Å². The van der Waals surface area contributed by atoms with E-state index < -0.39 is 50.1 Å². The molecule has 0 fully saturated rings. The Morgan fingerprint density at radius 1 is 0.591 bits per heavy atom. The second-order valence-electron chi connectivity index (χ2n) is 4.00. The van der Waals surface area contributed by atoms with E-state index in [4.69, 9.17) is 20.4 Å². The van der Waals surface area contributed by atoms with E-state index in [1.165, 1.54) is 0 Å². The number of hydrogen-bond donors (Lipinski definition) is 4. The van der Waals surface area contributed by atoms with E-state index in [1.54, 1.807) is 0 Å². The molecule has 0 aliphatic rings. The maximum absolute atomic E-state index is 10.6. The van der Waals surface area contributed by atoms with Crippen LogP contribution in [0.15, 0.2) is 0 Å². The zero-order chi connectivity index (χ0) is 15.7. The van der Waals surface area contributed by atoms with Crippen molar-refractivity contribution in [3.63, 3.8) is 0 Å². The van der Waals surface area contributed by atoms with E-state index in [0.29, 0.717) is 0 Å². The topological polar surface area (TPSA) is 187 Å². The zero-order valence-corrected chi connectivity index (χ0v) is 11.1. The number of carboxylic acids is 4. The number of nitrogens with zero attached hydrogens (tertiary/aromatic N) is 2. The Morgan fingerprint density at radius 3 is 0.909 bits per heavy atom. The van der Waals surface area contributed by atoms with Gasteiger partial charge in [-0.15, -0.1) is 0 Å². The van der Waals surface area contributed by atoms with Crippen LogP contribution in [-0.4, -0.2) is 128 Å². The van der Waals surface area contributed by atoms with Crippen molar-refractivity contribution >= 4 is 53.4 Å². The number of carbonyl (C=O) groups is 4. The first-order chi connectivity index (χ1) is 9.20. The van der Waals surface area contributed by atoms with Crippen molar-refractivity contribution in [3.8, 4) is 0 Å². The van der Waals surface area contributed by atoms with Gasteiger partial charge in [0.15, 0.2) is 0 Å². The third-order valence-corrected chi connectivity index (χ3v) is 2.17. The summed E-state index contributed by atoms with van der Waals surface area (Å²) >= 11 is 0. The number of carboxylic acid groups (broad SMARTS) is 4.